The number of amides is 1. The molecule has 0 atom stereocenters. The Balaban J connectivity index is 1.62. The van der Waals surface area contributed by atoms with Gasteiger partial charge in [-0.15, -0.1) is 0 Å². The molecule has 1 heterocycles. The lowest BCUT2D eigenvalue weighted by molar-refractivity contribution is 0.102. The van der Waals surface area contributed by atoms with Crippen molar-refractivity contribution in [3.63, 3.8) is 0 Å². The normalized spacial score (nSPS) is 10.1. The van der Waals surface area contributed by atoms with Gasteiger partial charge in [0.15, 0.2) is 0 Å². The number of aromatic nitrogens is 1. The molecule has 0 aliphatic carbocycles. The summed E-state index contributed by atoms with van der Waals surface area (Å²) in [5, 5.41) is 6.00. The van der Waals surface area contributed by atoms with Gasteiger partial charge in [0.25, 0.3) is 5.91 Å². The lowest BCUT2D eigenvalue weighted by Gasteiger charge is -2.09. The molecule has 2 aromatic carbocycles. The molecule has 132 valence electrons. The van der Waals surface area contributed by atoms with Gasteiger partial charge in [0, 0.05) is 11.3 Å². The van der Waals surface area contributed by atoms with E-state index in [2.05, 4.69) is 15.6 Å². The van der Waals surface area contributed by atoms with Gasteiger partial charge in [0.1, 0.15) is 17.3 Å². The summed E-state index contributed by atoms with van der Waals surface area (Å²) in [7, 11) is 3.21. The van der Waals surface area contributed by atoms with Crippen LogP contribution in [-0.2, 0) is 0 Å². The fourth-order valence-electron chi connectivity index (χ4n) is 2.31. The molecule has 0 aliphatic rings. The molecule has 3 aromatic rings. The van der Waals surface area contributed by atoms with Crippen LogP contribution in [0.2, 0.25) is 0 Å². The van der Waals surface area contributed by atoms with E-state index in [-0.39, 0.29) is 5.91 Å². The van der Waals surface area contributed by atoms with Crippen molar-refractivity contribution >= 4 is 23.1 Å². The van der Waals surface area contributed by atoms with E-state index in [1.54, 1.807) is 56.8 Å². The van der Waals surface area contributed by atoms with Gasteiger partial charge in [0.2, 0.25) is 0 Å². The molecule has 0 saturated heterocycles. The molecule has 0 radical (unpaired) electrons. The summed E-state index contributed by atoms with van der Waals surface area (Å²) in [6, 6.07) is 18.0. The van der Waals surface area contributed by atoms with Crippen LogP contribution in [-0.4, -0.2) is 25.1 Å². The van der Waals surface area contributed by atoms with Crippen molar-refractivity contribution in [1.29, 1.82) is 0 Å². The summed E-state index contributed by atoms with van der Waals surface area (Å²) in [5.74, 6) is 1.97. The number of carbonyl (C=O) groups excluding carboxylic acids is 1. The molecule has 0 aliphatic heterocycles. The van der Waals surface area contributed by atoms with Crippen LogP contribution in [0.15, 0.2) is 66.9 Å². The SMILES string of the molecule is COc1ccc(Nc2ccc(NC(=O)c3ccc(OC)cc3)cn2)cc1. The summed E-state index contributed by atoms with van der Waals surface area (Å²) in [4.78, 5) is 16.6. The Labute approximate surface area is 151 Å². The second-order valence-corrected chi connectivity index (χ2v) is 5.47. The van der Waals surface area contributed by atoms with Crippen LogP contribution in [0.3, 0.4) is 0 Å². The number of hydrogen-bond acceptors (Lipinski definition) is 5. The first-order valence-electron chi connectivity index (χ1n) is 8.00. The quantitative estimate of drug-likeness (QED) is 0.701. The van der Waals surface area contributed by atoms with Crippen molar-refractivity contribution < 1.29 is 14.3 Å². The summed E-state index contributed by atoms with van der Waals surface area (Å²) in [5.41, 5.74) is 2.06. The Morgan fingerprint density at radius 2 is 1.38 bits per heavy atom. The Bertz CT molecular complexity index is 860. The fraction of sp³-hybridized carbons (Fsp3) is 0.100. The molecule has 3 rings (SSSR count). The van der Waals surface area contributed by atoms with Crippen molar-refractivity contribution in [2.24, 2.45) is 0 Å². The predicted octanol–water partition coefficient (Wildman–Crippen LogP) is 4.09. The third-order valence-electron chi connectivity index (χ3n) is 3.74. The number of hydrogen-bond donors (Lipinski definition) is 2. The maximum atomic E-state index is 12.2. The number of anilines is 3. The molecular weight excluding hydrogens is 330 g/mol. The number of methoxy groups -OCH3 is 2. The van der Waals surface area contributed by atoms with E-state index < -0.39 is 0 Å². The number of rotatable bonds is 6. The topological polar surface area (TPSA) is 72.5 Å². The average Bonchev–Trinajstić information content (AvgIpc) is 2.70. The lowest BCUT2D eigenvalue weighted by atomic mass is 10.2. The lowest BCUT2D eigenvalue weighted by Crippen LogP contribution is -2.12. The number of carbonyl (C=O) groups is 1. The predicted molar refractivity (Wildman–Crippen MR) is 101 cm³/mol. The first kappa shape index (κ1) is 17.3. The molecule has 6 heteroatoms. The smallest absolute Gasteiger partial charge is 0.255 e. The zero-order valence-corrected chi connectivity index (χ0v) is 14.5. The third kappa shape index (κ3) is 4.30. The van der Waals surface area contributed by atoms with Crippen molar-refractivity contribution in [1.82, 2.24) is 4.98 Å². The highest BCUT2D eigenvalue weighted by atomic mass is 16.5. The minimum Gasteiger partial charge on any atom is -0.497 e. The number of nitrogens with one attached hydrogen (secondary N) is 2. The Morgan fingerprint density at radius 1 is 0.808 bits per heavy atom. The van der Waals surface area contributed by atoms with Crippen LogP contribution < -0.4 is 20.1 Å². The second-order valence-electron chi connectivity index (χ2n) is 5.47. The van der Waals surface area contributed by atoms with Crippen molar-refractivity contribution in [3.05, 3.63) is 72.4 Å². The number of benzene rings is 2. The van der Waals surface area contributed by atoms with Crippen LogP contribution in [0.25, 0.3) is 0 Å². The highest BCUT2D eigenvalue weighted by Crippen LogP contribution is 2.20. The van der Waals surface area contributed by atoms with Gasteiger partial charge in [-0.2, -0.15) is 0 Å². The van der Waals surface area contributed by atoms with Gasteiger partial charge in [0.05, 0.1) is 26.1 Å². The van der Waals surface area contributed by atoms with Crippen LogP contribution in [0.4, 0.5) is 17.2 Å². The van der Waals surface area contributed by atoms with E-state index in [4.69, 9.17) is 9.47 Å². The summed E-state index contributed by atoms with van der Waals surface area (Å²) >= 11 is 0. The largest absolute Gasteiger partial charge is 0.497 e. The van der Waals surface area contributed by atoms with E-state index in [0.29, 0.717) is 22.8 Å². The Morgan fingerprint density at radius 3 is 1.92 bits per heavy atom. The van der Waals surface area contributed by atoms with Crippen molar-refractivity contribution in [3.8, 4) is 11.5 Å². The third-order valence-corrected chi connectivity index (χ3v) is 3.74. The second kappa shape index (κ2) is 8.02. The molecule has 0 bridgehead atoms. The number of nitrogens with zero attached hydrogens (tertiary/aromatic N) is 1. The van der Waals surface area contributed by atoms with Gasteiger partial charge < -0.3 is 20.1 Å². The maximum absolute atomic E-state index is 12.2. The standard InChI is InChI=1S/C20H19N3O3/c1-25-17-8-3-14(4-9-17)20(24)23-16-7-12-19(21-13-16)22-15-5-10-18(26-2)11-6-15/h3-13H,1-2H3,(H,21,22)(H,23,24). The van der Waals surface area contributed by atoms with E-state index in [0.717, 1.165) is 11.4 Å². The molecule has 0 unspecified atom stereocenters. The van der Waals surface area contributed by atoms with E-state index in [1.165, 1.54) is 0 Å². The molecule has 1 aromatic heterocycles. The zero-order chi connectivity index (χ0) is 18.4. The molecule has 0 spiro atoms. The number of pyridine rings is 1. The fourth-order valence-corrected chi connectivity index (χ4v) is 2.31. The average molecular weight is 349 g/mol. The van der Waals surface area contributed by atoms with Crippen LogP contribution in [0.5, 0.6) is 11.5 Å². The van der Waals surface area contributed by atoms with Gasteiger partial charge in [-0.3, -0.25) is 4.79 Å². The molecule has 1 amide bonds. The molecule has 0 fully saturated rings. The minimum atomic E-state index is -0.203. The summed E-state index contributed by atoms with van der Waals surface area (Å²) < 4.78 is 10.2. The molecule has 2 N–H and O–H groups in total. The van der Waals surface area contributed by atoms with Crippen molar-refractivity contribution in [2.75, 3.05) is 24.9 Å². The van der Waals surface area contributed by atoms with E-state index in [1.807, 2.05) is 24.3 Å². The monoisotopic (exact) mass is 349 g/mol. The summed E-state index contributed by atoms with van der Waals surface area (Å²) in [6.07, 6.45) is 1.60. The van der Waals surface area contributed by atoms with Crippen LogP contribution in [0.1, 0.15) is 10.4 Å². The molecule has 0 saturated carbocycles. The molecule has 6 nitrogen and oxygen atoms in total. The van der Waals surface area contributed by atoms with E-state index >= 15 is 0 Å². The van der Waals surface area contributed by atoms with E-state index in [9.17, 15) is 4.79 Å². The van der Waals surface area contributed by atoms with Gasteiger partial charge >= 0.3 is 0 Å². The highest BCUT2D eigenvalue weighted by molar-refractivity contribution is 6.04. The highest BCUT2D eigenvalue weighted by Gasteiger charge is 2.07. The summed E-state index contributed by atoms with van der Waals surface area (Å²) in [6.45, 7) is 0. The Hall–Kier alpha value is -3.54. The molecule has 26 heavy (non-hydrogen) atoms. The van der Waals surface area contributed by atoms with Gasteiger partial charge in [-0.25, -0.2) is 4.98 Å². The Kier molecular flexibility index (Phi) is 5.34. The first-order chi connectivity index (χ1) is 12.7. The first-order valence-corrected chi connectivity index (χ1v) is 8.00. The van der Waals surface area contributed by atoms with Gasteiger partial charge in [-0.1, -0.05) is 0 Å². The van der Waals surface area contributed by atoms with Crippen LogP contribution in [0, 0.1) is 0 Å². The van der Waals surface area contributed by atoms with Crippen LogP contribution >= 0.6 is 0 Å². The van der Waals surface area contributed by atoms with Crippen molar-refractivity contribution in [2.45, 2.75) is 0 Å². The molecular formula is C20H19N3O3. The maximum Gasteiger partial charge on any atom is 0.255 e. The number of ether oxygens (including phenoxy) is 2. The zero-order valence-electron chi connectivity index (χ0n) is 14.5. The van der Waals surface area contributed by atoms with Gasteiger partial charge in [-0.05, 0) is 60.7 Å². The minimum absolute atomic E-state index is 0.203.